The highest BCUT2D eigenvalue weighted by molar-refractivity contribution is 5.66. The molecule has 13 unspecified atom stereocenters. The molecular formula is C37H65NO5. The second-order valence-corrected chi connectivity index (χ2v) is 18.2. The summed E-state index contributed by atoms with van der Waals surface area (Å²) in [5.41, 5.74) is -1.07. The van der Waals surface area contributed by atoms with Gasteiger partial charge in [0.05, 0.1) is 23.9 Å². The minimum atomic E-state index is -1.25. The zero-order valence-electron chi connectivity index (χ0n) is 29.6. The molecule has 43 heavy (non-hydrogen) atoms. The highest BCUT2D eigenvalue weighted by Crippen LogP contribution is 2.75. The molecule has 4 aliphatic carbocycles. The van der Waals surface area contributed by atoms with Gasteiger partial charge in [0.1, 0.15) is 0 Å². The number of aliphatic hydroxyl groups is 2. The van der Waals surface area contributed by atoms with Crippen molar-refractivity contribution >= 4 is 5.97 Å². The van der Waals surface area contributed by atoms with Gasteiger partial charge in [-0.05, 0) is 119 Å². The van der Waals surface area contributed by atoms with Crippen molar-refractivity contribution in [3.63, 3.8) is 0 Å². The molecule has 2 N–H and O–H groups in total. The van der Waals surface area contributed by atoms with E-state index in [1.807, 2.05) is 0 Å². The quantitative estimate of drug-likeness (QED) is 0.310. The fourth-order valence-electron chi connectivity index (χ4n) is 12.7. The summed E-state index contributed by atoms with van der Waals surface area (Å²) in [6, 6.07) is 0.606. The molecule has 6 heteroatoms. The summed E-state index contributed by atoms with van der Waals surface area (Å²) in [5.74, 6) is 1.77. The van der Waals surface area contributed by atoms with Crippen molar-refractivity contribution in [3.8, 4) is 0 Å². The predicted octanol–water partition coefficient (Wildman–Crippen LogP) is 6.85. The second kappa shape index (κ2) is 10.7. The Bertz CT molecular complexity index is 1070. The van der Waals surface area contributed by atoms with Crippen LogP contribution in [0.25, 0.3) is 0 Å². The molecule has 13 atom stereocenters. The van der Waals surface area contributed by atoms with E-state index in [1.165, 1.54) is 39.0 Å². The van der Waals surface area contributed by atoms with Crippen LogP contribution in [0.15, 0.2) is 0 Å². The first-order valence-electron chi connectivity index (χ1n) is 17.6. The van der Waals surface area contributed by atoms with E-state index in [4.69, 9.17) is 9.47 Å². The van der Waals surface area contributed by atoms with E-state index in [0.29, 0.717) is 29.7 Å². The molecular weight excluding hydrogens is 538 g/mol. The van der Waals surface area contributed by atoms with E-state index in [0.717, 1.165) is 25.2 Å². The van der Waals surface area contributed by atoms with Gasteiger partial charge in [-0.3, -0.25) is 4.79 Å². The molecule has 0 aromatic rings. The van der Waals surface area contributed by atoms with Crippen molar-refractivity contribution in [2.75, 3.05) is 14.1 Å². The van der Waals surface area contributed by atoms with Crippen molar-refractivity contribution in [1.29, 1.82) is 0 Å². The molecule has 1 saturated heterocycles. The van der Waals surface area contributed by atoms with Crippen LogP contribution in [0.3, 0.4) is 0 Å². The largest absolute Gasteiger partial charge is 0.457 e. The third-order valence-electron chi connectivity index (χ3n) is 15.5. The Morgan fingerprint density at radius 2 is 1.65 bits per heavy atom. The van der Waals surface area contributed by atoms with Gasteiger partial charge in [-0.2, -0.15) is 0 Å². The second-order valence-electron chi connectivity index (χ2n) is 18.2. The van der Waals surface area contributed by atoms with Gasteiger partial charge in [0.2, 0.25) is 0 Å². The monoisotopic (exact) mass is 603 g/mol. The van der Waals surface area contributed by atoms with Crippen LogP contribution in [0.5, 0.6) is 0 Å². The zero-order chi connectivity index (χ0) is 32.1. The molecule has 0 radical (unpaired) electrons. The summed E-state index contributed by atoms with van der Waals surface area (Å²) in [4.78, 5) is 14.5. The number of nitrogens with zero attached hydrogens (tertiary/aromatic N) is 1. The number of carbonyl (C=O) groups excluding carboxylic acids is 1. The Morgan fingerprint density at radius 1 is 1.02 bits per heavy atom. The standard InChI is InChI=1S/C37H65NO5/c1-22-20-26(30(33(6,7)41)42-24(3)39)43-31-29(40)36(10)25(14-13-18-34(36,8)35(22,31)9)15-16-27-32(4,5)28(38(11)12)17-19-37(27)21-23(37)2/h22-23,25-31,40-41H,13-21H2,1-12H3. The van der Waals surface area contributed by atoms with Gasteiger partial charge < -0.3 is 24.6 Å². The topological polar surface area (TPSA) is 79.2 Å². The average Bonchev–Trinajstić information content (AvgIpc) is 3.49. The maximum atomic E-state index is 12.5. The zero-order valence-corrected chi connectivity index (χ0v) is 29.6. The molecule has 0 amide bonds. The highest BCUT2D eigenvalue weighted by atomic mass is 16.6. The van der Waals surface area contributed by atoms with E-state index in [1.54, 1.807) is 13.8 Å². The number of hydrogen-bond donors (Lipinski definition) is 2. The normalized spacial score (nSPS) is 49.8. The molecule has 0 aromatic heterocycles. The van der Waals surface area contributed by atoms with E-state index in [2.05, 4.69) is 67.5 Å². The number of esters is 1. The smallest absolute Gasteiger partial charge is 0.303 e. The lowest BCUT2D eigenvalue weighted by atomic mass is 9.45. The molecule has 4 saturated carbocycles. The van der Waals surface area contributed by atoms with Gasteiger partial charge in [0, 0.05) is 23.8 Å². The maximum absolute atomic E-state index is 12.5. The third-order valence-corrected chi connectivity index (χ3v) is 15.5. The van der Waals surface area contributed by atoms with Gasteiger partial charge in [0.15, 0.2) is 6.10 Å². The van der Waals surface area contributed by atoms with Crippen molar-refractivity contribution in [3.05, 3.63) is 0 Å². The van der Waals surface area contributed by atoms with Crippen LogP contribution >= 0.6 is 0 Å². The molecule has 5 rings (SSSR count). The summed E-state index contributed by atoms with van der Waals surface area (Å²) in [7, 11) is 4.53. The molecule has 1 heterocycles. The third kappa shape index (κ3) is 4.72. The molecule has 6 nitrogen and oxygen atoms in total. The van der Waals surface area contributed by atoms with E-state index in [9.17, 15) is 15.0 Å². The summed E-state index contributed by atoms with van der Waals surface area (Å²) in [6.45, 7) is 21.8. The van der Waals surface area contributed by atoms with Crippen molar-refractivity contribution < 1.29 is 24.5 Å². The first-order chi connectivity index (χ1) is 19.7. The summed E-state index contributed by atoms with van der Waals surface area (Å²) >= 11 is 0. The first kappa shape index (κ1) is 33.7. The van der Waals surface area contributed by atoms with Gasteiger partial charge in [-0.1, -0.05) is 54.9 Å². The lowest BCUT2D eigenvalue weighted by Crippen LogP contribution is -2.59. The van der Waals surface area contributed by atoms with Crippen LogP contribution < -0.4 is 0 Å². The van der Waals surface area contributed by atoms with E-state index < -0.39 is 29.9 Å². The van der Waals surface area contributed by atoms with Crippen molar-refractivity contribution in [1.82, 2.24) is 4.90 Å². The van der Waals surface area contributed by atoms with Crippen LogP contribution in [0.1, 0.15) is 127 Å². The SMILES string of the molecule is CC(=O)OC(C1CC(C)C2(C)C(O1)C(O)C1(C)C(CCC3C(C)(C)C(N(C)C)CCC34CC4C)CCCC12C)C(C)(C)O. The van der Waals surface area contributed by atoms with Crippen LogP contribution in [0, 0.1) is 50.7 Å². The molecule has 1 spiro atoms. The Hall–Kier alpha value is -0.690. The number of fused-ring (bicyclic) bond motifs is 3. The van der Waals surface area contributed by atoms with Gasteiger partial charge in [0.25, 0.3) is 0 Å². The van der Waals surface area contributed by atoms with Crippen LogP contribution in [-0.2, 0) is 14.3 Å². The molecule has 0 aromatic carbocycles. The number of hydrogen-bond acceptors (Lipinski definition) is 6. The summed E-state index contributed by atoms with van der Waals surface area (Å²) in [6.07, 6.45) is 8.36. The Balaban J connectivity index is 1.44. The minimum absolute atomic E-state index is 0.0815. The summed E-state index contributed by atoms with van der Waals surface area (Å²) in [5, 5.41) is 23.5. The van der Waals surface area contributed by atoms with Crippen LogP contribution in [0.4, 0.5) is 0 Å². The highest BCUT2D eigenvalue weighted by Gasteiger charge is 2.76. The molecule has 1 aliphatic heterocycles. The Kier molecular flexibility index (Phi) is 8.36. The average molecular weight is 604 g/mol. The van der Waals surface area contributed by atoms with Gasteiger partial charge in [-0.25, -0.2) is 0 Å². The molecule has 0 bridgehead atoms. The van der Waals surface area contributed by atoms with Crippen LogP contribution in [0.2, 0.25) is 0 Å². The summed E-state index contributed by atoms with van der Waals surface area (Å²) < 4.78 is 12.6. The lowest BCUT2D eigenvalue weighted by molar-refractivity contribution is -0.237. The van der Waals surface area contributed by atoms with Crippen LogP contribution in [-0.4, -0.2) is 71.2 Å². The predicted molar refractivity (Wildman–Crippen MR) is 171 cm³/mol. The number of rotatable bonds is 7. The fourth-order valence-corrected chi connectivity index (χ4v) is 12.7. The maximum Gasteiger partial charge on any atom is 0.303 e. The minimum Gasteiger partial charge on any atom is -0.457 e. The molecule has 5 aliphatic rings. The fraction of sp³-hybridized carbons (Fsp3) is 0.973. The molecule has 248 valence electrons. The van der Waals surface area contributed by atoms with Crippen molar-refractivity contribution in [2.45, 2.75) is 163 Å². The van der Waals surface area contributed by atoms with Gasteiger partial charge >= 0.3 is 5.97 Å². The van der Waals surface area contributed by atoms with E-state index in [-0.39, 0.29) is 33.7 Å². The molecule has 5 fully saturated rings. The van der Waals surface area contributed by atoms with E-state index >= 15 is 0 Å². The first-order valence-corrected chi connectivity index (χ1v) is 17.6. The number of ether oxygens (including phenoxy) is 2. The Labute approximate surface area is 263 Å². The lowest BCUT2D eigenvalue weighted by Gasteiger charge is -2.60. The Morgan fingerprint density at radius 3 is 2.19 bits per heavy atom. The number of carbonyl (C=O) groups is 1. The van der Waals surface area contributed by atoms with Crippen molar-refractivity contribution in [2.24, 2.45) is 50.7 Å². The van der Waals surface area contributed by atoms with Gasteiger partial charge in [-0.15, -0.1) is 0 Å². The number of aliphatic hydroxyl groups excluding tert-OH is 1.